The molecule has 5 N–H and O–H groups in total. The van der Waals surface area contributed by atoms with Crippen molar-refractivity contribution in [3.05, 3.63) is 35.9 Å². The zero-order chi connectivity index (χ0) is 18.7. The Morgan fingerprint density at radius 2 is 1.56 bits per heavy atom. The minimum atomic E-state index is -1.19. The van der Waals surface area contributed by atoms with Gasteiger partial charge in [-0.1, -0.05) is 42.1 Å². The van der Waals surface area contributed by atoms with E-state index in [4.69, 9.17) is 5.11 Å². The average molecular weight is 369 g/mol. The molecule has 0 bridgehead atoms. The van der Waals surface area contributed by atoms with Gasteiger partial charge in [0.15, 0.2) is 0 Å². The summed E-state index contributed by atoms with van der Waals surface area (Å²) < 4.78 is 0. The molecule has 0 saturated heterocycles. The topological polar surface area (TPSA) is 145 Å². The minimum Gasteiger partial charge on any atom is -0.480 e. The van der Waals surface area contributed by atoms with Crippen LogP contribution in [-0.4, -0.2) is 64.7 Å². The second kappa shape index (κ2) is 11.2. The van der Waals surface area contributed by atoms with Gasteiger partial charge in [-0.2, -0.15) is 0 Å². The van der Waals surface area contributed by atoms with Crippen molar-refractivity contribution in [3.63, 3.8) is 0 Å². The van der Waals surface area contributed by atoms with Gasteiger partial charge in [0.25, 0.3) is 0 Å². The molecule has 1 unspecified atom stereocenters. The number of nitrogens with one attached hydrogen (secondary N) is 3. The van der Waals surface area contributed by atoms with Gasteiger partial charge in [-0.3, -0.25) is 24.5 Å². The van der Waals surface area contributed by atoms with E-state index in [1.807, 2.05) is 0 Å². The number of aliphatic hydroxyl groups is 1. The molecule has 0 fully saturated rings. The number of carbonyl (C=O) groups is 4. The number of rotatable bonds is 10. The van der Waals surface area contributed by atoms with Crippen molar-refractivity contribution in [3.8, 4) is 0 Å². The van der Waals surface area contributed by atoms with Crippen LogP contribution < -0.4 is 16.0 Å². The minimum absolute atomic E-state index is 0.0557. The Kier molecular flexibility index (Phi) is 9.22. The number of aliphatic hydroxyl groups excluding tert-OH is 1. The molecule has 1 atom stereocenters. The van der Waals surface area contributed by atoms with E-state index < -0.39 is 30.6 Å². The third-order valence-corrected chi connectivity index (χ3v) is 3.74. The number of thioether (sulfide) groups is 1. The first kappa shape index (κ1) is 20.6. The quantitative estimate of drug-likeness (QED) is 0.323. The molecule has 0 aliphatic rings. The number of hydrogen-bond donors (Lipinski definition) is 5. The largest absolute Gasteiger partial charge is 0.480 e. The molecule has 0 heterocycles. The van der Waals surface area contributed by atoms with Crippen molar-refractivity contribution < 1.29 is 29.4 Å². The fraction of sp³-hybridized carbons (Fsp3) is 0.333. The highest BCUT2D eigenvalue weighted by molar-refractivity contribution is 8.14. The van der Waals surface area contributed by atoms with Crippen LogP contribution in [0.15, 0.2) is 30.3 Å². The van der Waals surface area contributed by atoms with Crippen LogP contribution in [-0.2, 0) is 14.4 Å². The Balaban J connectivity index is 2.17. The van der Waals surface area contributed by atoms with Crippen LogP contribution >= 0.6 is 11.8 Å². The Labute approximate surface area is 148 Å². The van der Waals surface area contributed by atoms with Gasteiger partial charge >= 0.3 is 5.97 Å². The Hall–Kier alpha value is -2.43. The summed E-state index contributed by atoms with van der Waals surface area (Å²) in [6, 6.07) is 8.59. The molecule has 0 spiro atoms. The molecule has 0 aliphatic carbocycles. The zero-order valence-electron chi connectivity index (χ0n) is 13.2. The SMILES string of the molecule is O=C(O)CNC(=O)CNC(=O)CNC(O)CSC(=O)c1ccccc1. The highest BCUT2D eigenvalue weighted by atomic mass is 32.2. The van der Waals surface area contributed by atoms with Crippen molar-refractivity contribution >= 4 is 34.7 Å². The van der Waals surface area contributed by atoms with Gasteiger partial charge in [-0.15, -0.1) is 0 Å². The highest BCUT2D eigenvalue weighted by Crippen LogP contribution is 2.12. The van der Waals surface area contributed by atoms with Gasteiger partial charge in [-0.05, 0) is 0 Å². The number of carboxylic acid groups (broad SMARTS) is 1. The van der Waals surface area contributed by atoms with Gasteiger partial charge in [0, 0.05) is 11.3 Å². The highest BCUT2D eigenvalue weighted by Gasteiger charge is 2.12. The molecule has 1 rings (SSSR count). The van der Waals surface area contributed by atoms with E-state index in [2.05, 4.69) is 16.0 Å². The fourth-order valence-electron chi connectivity index (χ4n) is 1.56. The molecule has 2 amide bonds. The second-order valence-corrected chi connectivity index (χ2v) is 5.80. The van der Waals surface area contributed by atoms with Crippen molar-refractivity contribution in [2.24, 2.45) is 0 Å². The van der Waals surface area contributed by atoms with E-state index in [1.165, 1.54) is 0 Å². The number of carboxylic acids is 1. The van der Waals surface area contributed by atoms with E-state index in [9.17, 15) is 24.3 Å². The average Bonchev–Trinajstić information content (AvgIpc) is 2.61. The third-order valence-electron chi connectivity index (χ3n) is 2.76. The summed E-state index contributed by atoms with van der Waals surface area (Å²) in [6.45, 7) is -1.16. The van der Waals surface area contributed by atoms with Crippen LogP contribution in [0, 0.1) is 0 Å². The van der Waals surface area contributed by atoms with Gasteiger partial charge < -0.3 is 20.8 Å². The standard InChI is InChI=1S/C15H19N3O6S/c19-11(16-6-12(20)18-8-14(22)23)7-17-13(21)9-25-15(24)10-4-2-1-3-5-10/h1-5,13,17,21H,6-9H2,(H,16,19)(H,18,20)(H,22,23). The summed E-state index contributed by atoms with van der Waals surface area (Å²) in [5.74, 6) is -2.32. The fourth-order valence-corrected chi connectivity index (χ4v) is 2.29. The molecule has 1 aromatic carbocycles. The zero-order valence-corrected chi connectivity index (χ0v) is 14.0. The van der Waals surface area contributed by atoms with Crippen LogP contribution in [0.1, 0.15) is 10.4 Å². The predicted octanol–water partition coefficient (Wildman–Crippen LogP) is -1.21. The van der Waals surface area contributed by atoms with Crippen LogP contribution in [0.5, 0.6) is 0 Å². The second-order valence-electron chi connectivity index (χ2n) is 4.81. The summed E-state index contributed by atoms with van der Waals surface area (Å²) in [5, 5.41) is 24.8. The number of amides is 2. The molecule has 10 heteroatoms. The first-order chi connectivity index (χ1) is 11.9. The monoisotopic (exact) mass is 369 g/mol. The van der Waals surface area contributed by atoms with Crippen molar-refractivity contribution in [2.45, 2.75) is 6.23 Å². The number of aliphatic carboxylic acids is 1. The van der Waals surface area contributed by atoms with Gasteiger partial charge in [0.2, 0.25) is 16.9 Å². The Morgan fingerprint density at radius 1 is 0.960 bits per heavy atom. The van der Waals surface area contributed by atoms with Crippen LogP contribution in [0.25, 0.3) is 0 Å². The Bertz CT molecular complexity index is 611. The molecular weight excluding hydrogens is 350 g/mol. The maximum Gasteiger partial charge on any atom is 0.322 e. The lowest BCUT2D eigenvalue weighted by molar-refractivity contribution is -0.137. The van der Waals surface area contributed by atoms with Crippen molar-refractivity contribution in [2.75, 3.05) is 25.4 Å². The predicted molar refractivity (Wildman–Crippen MR) is 90.9 cm³/mol. The van der Waals surface area contributed by atoms with Crippen LogP contribution in [0.3, 0.4) is 0 Å². The van der Waals surface area contributed by atoms with Crippen LogP contribution in [0.4, 0.5) is 0 Å². The van der Waals surface area contributed by atoms with Crippen molar-refractivity contribution in [1.29, 1.82) is 0 Å². The number of carbonyl (C=O) groups excluding carboxylic acids is 3. The molecule has 0 aliphatic heterocycles. The van der Waals surface area contributed by atoms with Crippen LogP contribution in [0.2, 0.25) is 0 Å². The normalized spacial score (nSPS) is 11.4. The molecule has 136 valence electrons. The summed E-state index contributed by atoms with van der Waals surface area (Å²) >= 11 is 0.914. The first-order valence-corrected chi connectivity index (χ1v) is 8.26. The Morgan fingerprint density at radius 3 is 2.20 bits per heavy atom. The van der Waals surface area contributed by atoms with E-state index >= 15 is 0 Å². The molecule has 0 radical (unpaired) electrons. The molecular formula is C15H19N3O6S. The van der Waals surface area contributed by atoms with E-state index in [1.54, 1.807) is 30.3 Å². The lowest BCUT2D eigenvalue weighted by Gasteiger charge is -2.12. The van der Waals surface area contributed by atoms with Gasteiger partial charge in [-0.25, -0.2) is 0 Å². The molecule has 0 saturated carbocycles. The van der Waals surface area contributed by atoms with Gasteiger partial charge in [0.05, 0.1) is 13.1 Å². The number of hydrogen-bond acceptors (Lipinski definition) is 7. The lowest BCUT2D eigenvalue weighted by Crippen LogP contribution is -2.44. The maximum atomic E-state index is 11.8. The molecule has 25 heavy (non-hydrogen) atoms. The maximum absolute atomic E-state index is 11.8. The van der Waals surface area contributed by atoms with Crippen molar-refractivity contribution in [1.82, 2.24) is 16.0 Å². The summed E-state index contributed by atoms with van der Waals surface area (Å²) in [7, 11) is 0. The smallest absolute Gasteiger partial charge is 0.322 e. The van der Waals surface area contributed by atoms with E-state index in [0.717, 1.165) is 11.8 Å². The van der Waals surface area contributed by atoms with E-state index in [-0.39, 0.29) is 24.0 Å². The molecule has 0 aromatic heterocycles. The summed E-state index contributed by atoms with van der Waals surface area (Å²) in [5.41, 5.74) is 0.518. The summed E-state index contributed by atoms with van der Waals surface area (Å²) in [4.78, 5) is 44.8. The van der Waals surface area contributed by atoms with E-state index in [0.29, 0.717) is 5.56 Å². The molecule has 1 aromatic rings. The summed E-state index contributed by atoms with van der Waals surface area (Å²) in [6.07, 6.45) is -1.08. The lowest BCUT2D eigenvalue weighted by atomic mass is 10.2. The number of benzene rings is 1. The van der Waals surface area contributed by atoms with Gasteiger partial charge in [0.1, 0.15) is 12.8 Å². The third kappa shape index (κ3) is 9.45. The first-order valence-electron chi connectivity index (χ1n) is 7.27. The molecule has 9 nitrogen and oxygen atoms in total.